The first-order valence-electron chi connectivity index (χ1n) is 10.7. The van der Waals surface area contributed by atoms with Crippen molar-refractivity contribution in [2.45, 2.75) is 57.7 Å². The standard InChI is InChI=1S/C23H25N3O6/c1-13-6-5-9-15(10-13)26-17(21(29)24-14-7-3-2-4-8-14)12-25-11-16(23(31)32)19(27)20(28)18(25)22(26)30/h5-6,9-11,14,17,28H,2-4,7-8,12H2,1H3,(H,24,29)(H,31,32)/t17-/m1/s1. The molecule has 2 aliphatic rings. The minimum atomic E-state index is -1.52. The number of aromatic nitrogens is 1. The van der Waals surface area contributed by atoms with Crippen LogP contribution >= 0.6 is 0 Å². The fourth-order valence-electron chi connectivity index (χ4n) is 4.51. The van der Waals surface area contributed by atoms with E-state index in [1.807, 2.05) is 13.0 Å². The number of anilines is 1. The number of hydrogen-bond acceptors (Lipinski definition) is 5. The van der Waals surface area contributed by atoms with Gasteiger partial charge in [-0.2, -0.15) is 0 Å². The molecule has 0 spiro atoms. The van der Waals surface area contributed by atoms with Crippen molar-refractivity contribution in [1.29, 1.82) is 0 Å². The number of fused-ring (bicyclic) bond motifs is 1. The summed E-state index contributed by atoms with van der Waals surface area (Å²) >= 11 is 0. The van der Waals surface area contributed by atoms with Crippen LogP contribution in [-0.4, -0.2) is 44.6 Å². The van der Waals surface area contributed by atoms with Gasteiger partial charge in [0.05, 0.1) is 6.54 Å². The van der Waals surface area contributed by atoms with Crippen LogP contribution in [0.4, 0.5) is 5.69 Å². The fourth-order valence-corrected chi connectivity index (χ4v) is 4.51. The zero-order valence-electron chi connectivity index (χ0n) is 17.7. The van der Waals surface area contributed by atoms with Crippen LogP contribution in [0.15, 0.2) is 35.3 Å². The number of aromatic hydroxyl groups is 1. The van der Waals surface area contributed by atoms with Crippen LogP contribution in [0.1, 0.15) is 58.5 Å². The summed E-state index contributed by atoms with van der Waals surface area (Å²) in [5, 5.41) is 22.7. The largest absolute Gasteiger partial charge is 0.503 e. The number of nitrogens with one attached hydrogen (secondary N) is 1. The third kappa shape index (κ3) is 3.86. The molecule has 0 bridgehead atoms. The normalized spacial score (nSPS) is 18.8. The van der Waals surface area contributed by atoms with E-state index in [1.54, 1.807) is 18.2 Å². The highest BCUT2D eigenvalue weighted by Gasteiger charge is 2.41. The SMILES string of the molecule is Cc1cccc(N2C(=O)c3c(O)c(=O)c(C(=O)O)cn3C[C@@H]2C(=O)NC2CCCCC2)c1. The van der Waals surface area contributed by atoms with Crippen LogP contribution in [0.3, 0.4) is 0 Å². The molecule has 2 amide bonds. The van der Waals surface area contributed by atoms with Crippen LogP contribution in [0, 0.1) is 6.92 Å². The Labute approximate surface area is 184 Å². The van der Waals surface area contributed by atoms with Crippen molar-refractivity contribution in [3.05, 3.63) is 57.5 Å². The van der Waals surface area contributed by atoms with Crippen molar-refractivity contribution in [1.82, 2.24) is 9.88 Å². The first-order chi connectivity index (χ1) is 15.3. The number of aryl methyl sites for hydroxylation is 1. The molecular formula is C23H25N3O6. The lowest BCUT2D eigenvalue weighted by Gasteiger charge is -2.38. The summed E-state index contributed by atoms with van der Waals surface area (Å²) < 4.78 is 1.19. The lowest BCUT2D eigenvalue weighted by Crippen LogP contribution is -2.57. The van der Waals surface area contributed by atoms with Crippen molar-refractivity contribution >= 4 is 23.5 Å². The van der Waals surface area contributed by atoms with Gasteiger partial charge in [-0.15, -0.1) is 0 Å². The van der Waals surface area contributed by atoms with Crippen molar-refractivity contribution in [2.75, 3.05) is 4.90 Å². The summed E-state index contributed by atoms with van der Waals surface area (Å²) in [6.07, 6.45) is 5.92. The van der Waals surface area contributed by atoms with Gasteiger partial charge in [-0.25, -0.2) is 4.79 Å². The van der Waals surface area contributed by atoms with Gasteiger partial charge in [-0.05, 0) is 37.5 Å². The minimum Gasteiger partial charge on any atom is -0.503 e. The summed E-state index contributed by atoms with van der Waals surface area (Å²) in [5.74, 6) is -3.54. The smallest absolute Gasteiger partial charge is 0.341 e. The molecule has 1 aliphatic carbocycles. The predicted molar refractivity (Wildman–Crippen MR) is 116 cm³/mol. The van der Waals surface area contributed by atoms with Crippen molar-refractivity contribution in [3.63, 3.8) is 0 Å². The van der Waals surface area contributed by atoms with Gasteiger partial charge in [-0.1, -0.05) is 31.4 Å². The number of hydrogen-bond donors (Lipinski definition) is 3. The average Bonchev–Trinajstić information content (AvgIpc) is 2.76. The molecule has 3 N–H and O–H groups in total. The highest BCUT2D eigenvalue weighted by Crippen LogP contribution is 2.30. The highest BCUT2D eigenvalue weighted by atomic mass is 16.4. The van der Waals surface area contributed by atoms with Gasteiger partial charge in [-0.3, -0.25) is 19.3 Å². The molecule has 2 aromatic rings. The van der Waals surface area contributed by atoms with Crippen LogP contribution < -0.4 is 15.6 Å². The van der Waals surface area contributed by atoms with E-state index in [-0.39, 0.29) is 24.2 Å². The molecule has 1 fully saturated rings. The minimum absolute atomic E-state index is 0.0177. The lowest BCUT2D eigenvalue weighted by atomic mass is 9.95. The number of carboxylic acids is 1. The molecule has 9 nitrogen and oxygen atoms in total. The molecule has 1 aliphatic heterocycles. The molecule has 0 unspecified atom stereocenters. The van der Waals surface area contributed by atoms with E-state index in [9.17, 15) is 29.4 Å². The van der Waals surface area contributed by atoms with E-state index in [2.05, 4.69) is 5.32 Å². The van der Waals surface area contributed by atoms with E-state index in [0.29, 0.717) is 5.69 Å². The second kappa shape index (κ2) is 8.49. The van der Waals surface area contributed by atoms with Crippen molar-refractivity contribution in [3.8, 4) is 5.75 Å². The number of rotatable bonds is 4. The number of carbonyl (C=O) groups is 3. The molecule has 0 radical (unpaired) electrons. The molecule has 1 aromatic carbocycles. The van der Waals surface area contributed by atoms with Gasteiger partial charge in [0, 0.05) is 17.9 Å². The lowest BCUT2D eigenvalue weighted by molar-refractivity contribution is -0.123. The van der Waals surface area contributed by atoms with E-state index < -0.39 is 34.7 Å². The monoisotopic (exact) mass is 439 g/mol. The molecule has 32 heavy (non-hydrogen) atoms. The molecule has 168 valence electrons. The van der Waals surface area contributed by atoms with E-state index >= 15 is 0 Å². The number of pyridine rings is 1. The molecule has 2 heterocycles. The van der Waals surface area contributed by atoms with Crippen LogP contribution in [-0.2, 0) is 11.3 Å². The van der Waals surface area contributed by atoms with Gasteiger partial charge < -0.3 is 20.1 Å². The molecular weight excluding hydrogens is 414 g/mol. The van der Waals surface area contributed by atoms with Gasteiger partial charge in [0.15, 0.2) is 11.4 Å². The van der Waals surface area contributed by atoms with Crippen molar-refractivity contribution < 1.29 is 24.6 Å². The summed E-state index contributed by atoms with van der Waals surface area (Å²) in [7, 11) is 0. The summed E-state index contributed by atoms with van der Waals surface area (Å²) in [6.45, 7) is 1.76. The fraction of sp³-hybridized carbons (Fsp3) is 0.391. The quantitative estimate of drug-likeness (QED) is 0.669. The third-order valence-corrected chi connectivity index (χ3v) is 6.12. The summed E-state index contributed by atoms with van der Waals surface area (Å²) in [5.41, 5.74) is -0.793. The van der Waals surface area contributed by atoms with Gasteiger partial charge in [0.1, 0.15) is 11.6 Å². The third-order valence-electron chi connectivity index (χ3n) is 6.12. The summed E-state index contributed by atoms with van der Waals surface area (Å²) in [6, 6.07) is 6.08. The molecule has 1 saturated carbocycles. The van der Waals surface area contributed by atoms with Gasteiger partial charge in [0.25, 0.3) is 5.91 Å². The maximum absolute atomic E-state index is 13.5. The Morgan fingerprint density at radius 2 is 1.84 bits per heavy atom. The number of carboxylic acid groups (broad SMARTS) is 1. The number of aromatic carboxylic acids is 1. The topological polar surface area (TPSA) is 129 Å². The Morgan fingerprint density at radius 1 is 1.12 bits per heavy atom. The summed E-state index contributed by atoms with van der Waals surface area (Å²) in [4.78, 5) is 51.8. The zero-order valence-corrected chi connectivity index (χ0v) is 17.7. The van der Waals surface area contributed by atoms with E-state index in [0.717, 1.165) is 43.9 Å². The maximum atomic E-state index is 13.5. The van der Waals surface area contributed by atoms with Crippen LogP contribution in [0.25, 0.3) is 0 Å². The number of carbonyl (C=O) groups excluding carboxylic acids is 2. The second-order valence-electron chi connectivity index (χ2n) is 8.40. The predicted octanol–water partition coefficient (Wildman–Crippen LogP) is 2.04. The highest BCUT2D eigenvalue weighted by molar-refractivity contribution is 6.11. The number of nitrogens with zero attached hydrogens (tertiary/aromatic N) is 2. The molecule has 4 rings (SSSR count). The van der Waals surface area contributed by atoms with E-state index in [4.69, 9.17) is 0 Å². The second-order valence-corrected chi connectivity index (χ2v) is 8.40. The zero-order chi connectivity index (χ0) is 23.0. The number of benzene rings is 1. The van der Waals surface area contributed by atoms with E-state index in [1.165, 1.54) is 9.47 Å². The Morgan fingerprint density at radius 3 is 2.50 bits per heavy atom. The van der Waals surface area contributed by atoms with Gasteiger partial charge >= 0.3 is 5.97 Å². The molecule has 0 saturated heterocycles. The average molecular weight is 439 g/mol. The number of amides is 2. The molecule has 1 aromatic heterocycles. The molecule has 1 atom stereocenters. The van der Waals surface area contributed by atoms with Crippen LogP contribution in [0.2, 0.25) is 0 Å². The van der Waals surface area contributed by atoms with Crippen LogP contribution in [0.5, 0.6) is 5.75 Å². The van der Waals surface area contributed by atoms with Crippen molar-refractivity contribution in [2.24, 2.45) is 0 Å². The molecule has 9 heteroatoms. The Balaban J connectivity index is 1.80. The Hall–Kier alpha value is -3.62. The Bertz CT molecular complexity index is 1150. The van der Waals surface area contributed by atoms with Gasteiger partial charge in [0.2, 0.25) is 11.3 Å². The first kappa shape index (κ1) is 21.6. The maximum Gasteiger partial charge on any atom is 0.341 e. The first-order valence-corrected chi connectivity index (χ1v) is 10.7. The Kier molecular flexibility index (Phi) is 5.73.